The van der Waals surface area contributed by atoms with Gasteiger partial charge in [-0.1, -0.05) is 75.0 Å². The Bertz CT molecular complexity index is 1490. The number of carbonyl (C=O) groups excluding carboxylic acids is 1. The van der Waals surface area contributed by atoms with E-state index in [4.69, 9.17) is 24.2 Å². The number of hydrogen-bond acceptors (Lipinski definition) is 6. The Balaban J connectivity index is 2.38. The SMILES string of the molecule is COc1cc(-c2cnc3c(n2)c(C(=O)C(C)(C)CC#C[Si](C)(C)C)cn3[Si](C(C)C)(C(C)C)C(C)C)cc(OC)c1OC. The predicted octanol–water partition coefficient (Wildman–Crippen LogP) is 8.63. The lowest BCUT2D eigenvalue weighted by Gasteiger charge is -2.44. The highest BCUT2D eigenvalue weighted by molar-refractivity contribution is 6.84. The summed E-state index contributed by atoms with van der Waals surface area (Å²) < 4.78 is 19.1. The van der Waals surface area contributed by atoms with Crippen LogP contribution in [0.25, 0.3) is 22.4 Å². The quantitative estimate of drug-likeness (QED) is 0.121. The lowest BCUT2D eigenvalue weighted by atomic mass is 9.82. The molecule has 1 aromatic carbocycles. The van der Waals surface area contributed by atoms with Crippen molar-refractivity contribution in [2.45, 2.75) is 98.1 Å². The smallest absolute Gasteiger partial charge is 0.203 e. The zero-order valence-electron chi connectivity index (χ0n) is 28.7. The molecule has 0 saturated carbocycles. The number of hydrogen-bond donors (Lipinski definition) is 0. The van der Waals surface area contributed by atoms with E-state index in [1.807, 2.05) is 26.0 Å². The van der Waals surface area contributed by atoms with Gasteiger partial charge in [0.1, 0.15) is 13.6 Å². The van der Waals surface area contributed by atoms with Gasteiger partial charge in [-0.05, 0) is 28.8 Å². The molecule has 0 amide bonds. The molecule has 2 aromatic heterocycles. The molecule has 0 radical (unpaired) electrons. The first-order valence-electron chi connectivity index (χ1n) is 15.2. The monoisotopic (exact) mass is 621 g/mol. The molecule has 7 nitrogen and oxygen atoms in total. The van der Waals surface area contributed by atoms with E-state index in [2.05, 4.69) is 83.1 Å². The van der Waals surface area contributed by atoms with Crippen LogP contribution in [0.5, 0.6) is 17.2 Å². The summed E-state index contributed by atoms with van der Waals surface area (Å²) in [4.78, 5) is 24.6. The van der Waals surface area contributed by atoms with E-state index < -0.39 is 21.7 Å². The van der Waals surface area contributed by atoms with Crippen molar-refractivity contribution in [3.63, 3.8) is 0 Å². The number of nitrogens with zero attached hydrogens (tertiary/aromatic N) is 3. The minimum atomic E-state index is -2.26. The van der Waals surface area contributed by atoms with Crippen LogP contribution < -0.4 is 14.2 Å². The van der Waals surface area contributed by atoms with Gasteiger partial charge in [0.15, 0.2) is 31.2 Å². The second kappa shape index (κ2) is 12.9. The van der Waals surface area contributed by atoms with Crippen molar-refractivity contribution in [3.05, 3.63) is 30.1 Å². The van der Waals surface area contributed by atoms with Gasteiger partial charge in [-0.15, -0.1) is 11.5 Å². The molecular weight excluding hydrogens is 571 g/mol. The summed E-state index contributed by atoms with van der Waals surface area (Å²) in [5.74, 6) is 4.95. The molecule has 0 aliphatic carbocycles. The molecule has 0 spiro atoms. The minimum absolute atomic E-state index is 0.0386. The van der Waals surface area contributed by atoms with Crippen molar-refractivity contribution >= 4 is 33.3 Å². The Hall–Kier alpha value is -3.10. The van der Waals surface area contributed by atoms with E-state index in [-0.39, 0.29) is 5.78 Å². The van der Waals surface area contributed by atoms with Crippen LogP contribution in [0, 0.1) is 16.9 Å². The van der Waals surface area contributed by atoms with Gasteiger partial charge in [0, 0.05) is 23.6 Å². The highest BCUT2D eigenvalue weighted by atomic mass is 28.3. The largest absolute Gasteiger partial charge is 0.493 e. The number of aromatic nitrogens is 3. The van der Waals surface area contributed by atoms with Crippen molar-refractivity contribution in [1.29, 1.82) is 0 Å². The minimum Gasteiger partial charge on any atom is -0.493 e. The Morgan fingerprint density at radius 1 is 0.930 bits per heavy atom. The summed E-state index contributed by atoms with van der Waals surface area (Å²) >= 11 is 0. The van der Waals surface area contributed by atoms with E-state index in [1.165, 1.54) is 0 Å². The van der Waals surface area contributed by atoms with Gasteiger partial charge in [-0.25, -0.2) is 9.97 Å². The molecule has 9 heteroatoms. The molecule has 3 rings (SSSR count). The van der Waals surface area contributed by atoms with Crippen LogP contribution in [0.3, 0.4) is 0 Å². The maximum absolute atomic E-state index is 14.4. The molecule has 0 aliphatic heterocycles. The number of ether oxygens (including phenoxy) is 3. The molecule has 0 unspecified atom stereocenters. The normalized spacial score (nSPS) is 12.6. The van der Waals surface area contributed by atoms with E-state index in [9.17, 15) is 4.79 Å². The first-order chi connectivity index (χ1) is 20.0. The maximum atomic E-state index is 14.4. The number of methoxy groups -OCH3 is 3. The van der Waals surface area contributed by atoms with E-state index in [1.54, 1.807) is 27.5 Å². The summed E-state index contributed by atoms with van der Waals surface area (Å²) in [6.07, 6.45) is 4.36. The molecular formula is C34H51N3O4Si2. The molecule has 0 saturated heterocycles. The van der Waals surface area contributed by atoms with Crippen LogP contribution in [0.15, 0.2) is 24.5 Å². The lowest BCUT2D eigenvalue weighted by Crippen LogP contribution is -2.51. The van der Waals surface area contributed by atoms with Gasteiger partial charge >= 0.3 is 0 Å². The molecule has 2 heterocycles. The fourth-order valence-corrected chi connectivity index (χ4v) is 13.8. The third kappa shape index (κ3) is 6.56. The number of Topliss-reactive ketones (excluding diaryl/α,β-unsaturated/α-hetero) is 1. The van der Waals surface area contributed by atoms with Crippen LogP contribution in [0.1, 0.15) is 72.2 Å². The third-order valence-corrected chi connectivity index (χ3v) is 16.2. The molecule has 0 fully saturated rings. The van der Waals surface area contributed by atoms with Gasteiger partial charge in [0.2, 0.25) is 5.75 Å². The number of benzene rings is 1. The Labute approximate surface area is 260 Å². The fourth-order valence-electron chi connectivity index (χ4n) is 6.63. The van der Waals surface area contributed by atoms with Crippen molar-refractivity contribution in [3.8, 4) is 40.0 Å². The maximum Gasteiger partial charge on any atom is 0.203 e. The molecule has 0 atom stereocenters. The molecule has 0 aliphatic rings. The van der Waals surface area contributed by atoms with Crippen LogP contribution in [0.2, 0.25) is 36.3 Å². The highest BCUT2D eigenvalue weighted by Crippen LogP contribution is 2.46. The molecule has 3 aromatic rings. The van der Waals surface area contributed by atoms with Crippen LogP contribution >= 0.6 is 0 Å². The number of carbonyl (C=O) groups is 1. The highest BCUT2D eigenvalue weighted by Gasteiger charge is 2.47. The van der Waals surface area contributed by atoms with E-state index >= 15 is 0 Å². The van der Waals surface area contributed by atoms with Crippen molar-refractivity contribution in [2.24, 2.45) is 5.41 Å². The third-order valence-electron chi connectivity index (χ3n) is 8.50. The van der Waals surface area contributed by atoms with Crippen LogP contribution in [0.4, 0.5) is 0 Å². The van der Waals surface area contributed by atoms with Gasteiger partial charge in [0.05, 0.1) is 38.8 Å². The van der Waals surface area contributed by atoms with Crippen molar-refractivity contribution < 1.29 is 19.0 Å². The molecule has 234 valence electrons. The standard InChI is InChI=1S/C34H51N3O4Si2/c1-22(2)43(23(3)4,24(5)6)37-21-26(32(38)34(7,8)16-15-17-42(12,13)14)30-33(37)35-20-27(36-30)25-18-28(39-9)31(41-11)29(19-25)40-10/h18-24H,16H2,1-14H3. The first-order valence-corrected chi connectivity index (χ1v) is 20.9. The Morgan fingerprint density at radius 3 is 1.91 bits per heavy atom. The average molecular weight is 622 g/mol. The molecule has 0 bridgehead atoms. The zero-order chi connectivity index (χ0) is 32.5. The second-order valence-corrected chi connectivity index (χ2v) is 24.5. The summed E-state index contributed by atoms with van der Waals surface area (Å²) in [5, 5.41) is 0. The Kier molecular flexibility index (Phi) is 10.3. The van der Waals surface area contributed by atoms with E-state index in [0.717, 1.165) is 11.2 Å². The second-order valence-electron chi connectivity index (χ2n) is 14.0. The number of ketones is 1. The lowest BCUT2D eigenvalue weighted by molar-refractivity contribution is 0.0845. The van der Waals surface area contributed by atoms with Crippen LogP contribution in [-0.4, -0.2) is 57.6 Å². The van der Waals surface area contributed by atoms with Crippen molar-refractivity contribution in [2.75, 3.05) is 21.3 Å². The van der Waals surface area contributed by atoms with Gasteiger partial charge < -0.3 is 18.4 Å². The number of rotatable bonds is 11. The Morgan fingerprint density at radius 2 is 1.47 bits per heavy atom. The summed E-state index contributed by atoms with van der Waals surface area (Å²) in [7, 11) is 0.941. The zero-order valence-corrected chi connectivity index (χ0v) is 30.7. The summed E-state index contributed by atoms with van der Waals surface area (Å²) in [6.45, 7) is 24.5. The van der Waals surface area contributed by atoms with Gasteiger partial charge in [-0.3, -0.25) is 4.79 Å². The molecule has 43 heavy (non-hydrogen) atoms. The first kappa shape index (κ1) is 34.4. The van der Waals surface area contributed by atoms with Gasteiger partial charge in [0.25, 0.3) is 0 Å². The fraction of sp³-hybridized carbons (Fsp3) is 0.559. The summed E-state index contributed by atoms with van der Waals surface area (Å²) in [6, 6.07) is 3.72. The molecule has 0 N–H and O–H groups in total. The van der Waals surface area contributed by atoms with E-state index in [0.29, 0.717) is 57.1 Å². The summed E-state index contributed by atoms with van der Waals surface area (Å²) in [5.41, 5.74) is 7.38. The van der Waals surface area contributed by atoms with Gasteiger partial charge in [-0.2, -0.15) is 0 Å². The number of fused-ring (bicyclic) bond motifs is 1. The van der Waals surface area contributed by atoms with Crippen LogP contribution in [-0.2, 0) is 0 Å². The average Bonchev–Trinajstić information content (AvgIpc) is 3.29. The van der Waals surface area contributed by atoms with Crippen molar-refractivity contribution in [1.82, 2.24) is 14.2 Å². The predicted molar refractivity (Wildman–Crippen MR) is 183 cm³/mol. The topological polar surface area (TPSA) is 75.5 Å².